The minimum atomic E-state index is -0.211. The molecule has 7 heteroatoms. The fraction of sp³-hybridized carbons (Fsp3) is 0.458. The Morgan fingerprint density at radius 3 is 2.77 bits per heavy atom. The SMILES string of the molecule is CCCC1CCc2onc(C(=O)Nc3c(C)nn(Cc4ccc(SC)cc4)c3C)c2C1. The minimum absolute atomic E-state index is 0.211. The summed E-state index contributed by atoms with van der Waals surface area (Å²) < 4.78 is 7.44. The van der Waals surface area contributed by atoms with Crippen molar-refractivity contribution < 1.29 is 9.32 Å². The Labute approximate surface area is 187 Å². The lowest BCUT2D eigenvalue weighted by Gasteiger charge is -2.20. The van der Waals surface area contributed by atoms with E-state index in [4.69, 9.17) is 4.52 Å². The summed E-state index contributed by atoms with van der Waals surface area (Å²) in [7, 11) is 0. The molecule has 164 valence electrons. The van der Waals surface area contributed by atoms with Crippen LogP contribution in [0.3, 0.4) is 0 Å². The third-order valence-electron chi connectivity index (χ3n) is 6.17. The van der Waals surface area contributed by atoms with Crippen LogP contribution in [0.1, 0.15) is 64.9 Å². The predicted molar refractivity (Wildman–Crippen MR) is 124 cm³/mol. The molecule has 6 nitrogen and oxygen atoms in total. The van der Waals surface area contributed by atoms with Crippen molar-refractivity contribution in [1.82, 2.24) is 14.9 Å². The number of aryl methyl sites for hydroxylation is 2. The zero-order valence-electron chi connectivity index (χ0n) is 18.7. The molecule has 2 heterocycles. The van der Waals surface area contributed by atoms with Crippen molar-refractivity contribution in [2.45, 2.75) is 64.3 Å². The number of carbonyl (C=O) groups excluding carboxylic acids is 1. The Balaban J connectivity index is 1.51. The highest BCUT2D eigenvalue weighted by Gasteiger charge is 2.29. The van der Waals surface area contributed by atoms with E-state index in [1.54, 1.807) is 11.8 Å². The summed E-state index contributed by atoms with van der Waals surface area (Å²) in [6.45, 7) is 6.78. The van der Waals surface area contributed by atoms with E-state index in [1.807, 2.05) is 18.5 Å². The highest BCUT2D eigenvalue weighted by Crippen LogP contribution is 2.31. The Morgan fingerprint density at radius 2 is 2.06 bits per heavy atom. The zero-order chi connectivity index (χ0) is 22.0. The number of rotatable bonds is 7. The number of benzene rings is 1. The largest absolute Gasteiger partial charge is 0.360 e. The molecular weight excluding hydrogens is 408 g/mol. The zero-order valence-corrected chi connectivity index (χ0v) is 19.5. The molecule has 1 unspecified atom stereocenters. The monoisotopic (exact) mass is 438 g/mol. The van der Waals surface area contributed by atoms with Gasteiger partial charge in [-0.2, -0.15) is 5.10 Å². The first-order valence-corrected chi connectivity index (χ1v) is 12.2. The first kappa shape index (κ1) is 21.7. The molecule has 2 aromatic heterocycles. The van der Waals surface area contributed by atoms with E-state index in [1.165, 1.54) is 16.9 Å². The van der Waals surface area contributed by atoms with Crippen LogP contribution in [0.15, 0.2) is 33.7 Å². The molecule has 0 saturated carbocycles. The summed E-state index contributed by atoms with van der Waals surface area (Å²) in [6.07, 6.45) is 7.25. The maximum Gasteiger partial charge on any atom is 0.278 e. The number of amides is 1. The number of nitrogens with zero attached hydrogens (tertiary/aromatic N) is 3. The molecule has 0 radical (unpaired) electrons. The van der Waals surface area contributed by atoms with Gasteiger partial charge in [0.05, 0.1) is 23.6 Å². The highest BCUT2D eigenvalue weighted by molar-refractivity contribution is 7.98. The summed E-state index contributed by atoms with van der Waals surface area (Å²) in [6, 6.07) is 8.48. The van der Waals surface area contributed by atoms with Gasteiger partial charge in [0, 0.05) is 16.9 Å². The molecule has 0 bridgehead atoms. The van der Waals surface area contributed by atoms with Crippen LogP contribution < -0.4 is 5.32 Å². The maximum absolute atomic E-state index is 13.1. The maximum atomic E-state index is 13.1. The first-order chi connectivity index (χ1) is 15.0. The third kappa shape index (κ3) is 4.56. The van der Waals surface area contributed by atoms with E-state index in [-0.39, 0.29) is 5.91 Å². The lowest BCUT2D eigenvalue weighted by Crippen LogP contribution is -2.19. The van der Waals surface area contributed by atoms with E-state index < -0.39 is 0 Å². The van der Waals surface area contributed by atoms with Gasteiger partial charge in [-0.1, -0.05) is 37.1 Å². The Bertz CT molecular complexity index is 1070. The molecule has 1 atom stereocenters. The lowest BCUT2D eigenvalue weighted by molar-refractivity contribution is 0.101. The molecule has 0 spiro atoms. The second-order valence-electron chi connectivity index (χ2n) is 8.34. The Morgan fingerprint density at radius 1 is 1.29 bits per heavy atom. The average molecular weight is 439 g/mol. The molecule has 3 aromatic rings. The van der Waals surface area contributed by atoms with Gasteiger partial charge in [0.1, 0.15) is 5.76 Å². The third-order valence-corrected chi connectivity index (χ3v) is 6.91. The topological polar surface area (TPSA) is 73.0 Å². The quantitative estimate of drug-likeness (QED) is 0.499. The van der Waals surface area contributed by atoms with Gasteiger partial charge >= 0.3 is 0 Å². The second-order valence-corrected chi connectivity index (χ2v) is 9.22. The molecule has 1 N–H and O–H groups in total. The van der Waals surface area contributed by atoms with Crippen LogP contribution in [-0.4, -0.2) is 27.1 Å². The summed E-state index contributed by atoms with van der Waals surface area (Å²) in [5.41, 5.74) is 5.07. The lowest BCUT2D eigenvalue weighted by atomic mass is 9.84. The van der Waals surface area contributed by atoms with Gasteiger partial charge in [-0.15, -0.1) is 11.8 Å². The van der Waals surface area contributed by atoms with Gasteiger partial charge < -0.3 is 9.84 Å². The summed E-state index contributed by atoms with van der Waals surface area (Å²) in [5.74, 6) is 1.26. The summed E-state index contributed by atoms with van der Waals surface area (Å²) in [4.78, 5) is 14.3. The standard InChI is InChI=1S/C24H30N4O2S/c1-5-6-17-9-12-21-20(13-17)23(27-30-21)24(29)25-22-15(2)26-28(16(22)3)14-18-7-10-19(31-4)11-8-18/h7-8,10-11,17H,5-6,9,12-14H2,1-4H3,(H,25,29). The molecule has 31 heavy (non-hydrogen) atoms. The summed E-state index contributed by atoms with van der Waals surface area (Å²) >= 11 is 1.73. The molecule has 0 saturated heterocycles. The number of aromatic nitrogens is 3. The van der Waals surface area contributed by atoms with Crippen molar-refractivity contribution in [3.63, 3.8) is 0 Å². The molecule has 0 aliphatic heterocycles. The van der Waals surface area contributed by atoms with Crippen molar-refractivity contribution in [3.05, 3.63) is 58.2 Å². The number of anilines is 1. The molecule has 0 fully saturated rings. The number of thioether (sulfide) groups is 1. The minimum Gasteiger partial charge on any atom is -0.360 e. The normalized spacial score (nSPS) is 15.7. The summed E-state index contributed by atoms with van der Waals surface area (Å²) in [5, 5.41) is 11.8. The van der Waals surface area contributed by atoms with Gasteiger partial charge in [0.25, 0.3) is 5.91 Å². The number of fused-ring (bicyclic) bond motifs is 1. The first-order valence-electron chi connectivity index (χ1n) is 11.0. The van der Waals surface area contributed by atoms with Crippen LogP contribution in [0, 0.1) is 19.8 Å². The molecular formula is C24H30N4O2S. The van der Waals surface area contributed by atoms with Gasteiger partial charge in [-0.05, 0) is 56.6 Å². The van der Waals surface area contributed by atoms with Crippen LogP contribution in [0.4, 0.5) is 5.69 Å². The van der Waals surface area contributed by atoms with Gasteiger partial charge in [-0.25, -0.2) is 0 Å². The Hall–Kier alpha value is -2.54. The van der Waals surface area contributed by atoms with Gasteiger partial charge in [0.15, 0.2) is 5.69 Å². The smallest absolute Gasteiger partial charge is 0.278 e. The van der Waals surface area contributed by atoms with E-state index >= 15 is 0 Å². The second kappa shape index (κ2) is 9.30. The van der Waals surface area contributed by atoms with Crippen molar-refractivity contribution >= 4 is 23.4 Å². The van der Waals surface area contributed by atoms with E-state index in [2.05, 4.69) is 53.0 Å². The fourth-order valence-electron chi connectivity index (χ4n) is 4.42. The van der Waals surface area contributed by atoms with E-state index in [9.17, 15) is 4.79 Å². The van der Waals surface area contributed by atoms with Crippen LogP contribution in [0.2, 0.25) is 0 Å². The van der Waals surface area contributed by atoms with Crippen molar-refractivity contribution in [2.24, 2.45) is 5.92 Å². The number of nitrogens with one attached hydrogen (secondary N) is 1. The molecule has 1 aromatic carbocycles. The number of carbonyl (C=O) groups is 1. The van der Waals surface area contributed by atoms with Crippen LogP contribution >= 0.6 is 11.8 Å². The van der Waals surface area contributed by atoms with Crippen LogP contribution in [0.25, 0.3) is 0 Å². The van der Waals surface area contributed by atoms with Crippen molar-refractivity contribution in [2.75, 3.05) is 11.6 Å². The average Bonchev–Trinajstić information content (AvgIpc) is 3.30. The van der Waals surface area contributed by atoms with E-state index in [0.29, 0.717) is 18.2 Å². The molecule has 1 amide bonds. The molecule has 1 aliphatic rings. The highest BCUT2D eigenvalue weighted by atomic mass is 32.2. The van der Waals surface area contributed by atoms with Gasteiger partial charge in [-0.3, -0.25) is 9.48 Å². The van der Waals surface area contributed by atoms with Crippen LogP contribution in [-0.2, 0) is 19.4 Å². The molecule has 4 rings (SSSR count). The van der Waals surface area contributed by atoms with Crippen molar-refractivity contribution in [1.29, 1.82) is 0 Å². The van der Waals surface area contributed by atoms with Crippen molar-refractivity contribution in [3.8, 4) is 0 Å². The van der Waals surface area contributed by atoms with Crippen LogP contribution in [0.5, 0.6) is 0 Å². The Kier molecular flexibility index (Phi) is 6.51. The number of hydrogen-bond donors (Lipinski definition) is 1. The molecule has 1 aliphatic carbocycles. The van der Waals surface area contributed by atoms with Gasteiger partial charge in [0.2, 0.25) is 0 Å². The number of hydrogen-bond acceptors (Lipinski definition) is 5. The fourth-order valence-corrected chi connectivity index (χ4v) is 4.83. The predicted octanol–water partition coefficient (Wildman–Crippen LogP) is 5.42. The van der Waals surface area contributed by atoms with E-state index in [0.717, 1.165) is 54.1 Å².